The van der Waals surface area contributed by atoms with Crippen LogP contribution in [0.4, 0.5) is 0 Å². The number of halogens is 2. The highest BCUT2D eigenvalue weighted by Gasteiger charge is 2.07. The van der Waals surface area contributed by atoms with Gasteiger partial charge in [-0.3, -0.25) is 4.79 Å². The zero-order valence-corrected chi connectivity index (χ0v) is 10.0. The molecule has 0 radical (unpaired) electrons. The summed E-state index contributed by atoms with van der Waals surface area (Å²) in [6, 6.07) is 9.83. The lowest BCUT2D eigenvalue weighted by molar-refractivity contribution is 1.22. The molecule has 0 saturated carbocycles. The van der Waals surface area contributed by atoms with E-state index in [0.29, 0.717) is 21.3 Å². The Morgan fingerprint density at radius 3 is 2.59 bits per heavy atom. The van der Waals surface area contributed by atoms with Crippen LogP contribution in [0, 0.1) is 11.3 Å². The van der Waals surface area contributed by atoms with Gasteiger partial charge in [-0.15, -0.1) is 0 Å². The fourth-order valence-corrected chi connectivity index (χ4v) is 1.81. The van der Waals surface area contributed by atoms with E-state index in [9.17, 15) is 4.79 Å². The zero-order valence-electron chi connectivity index (χ0n) is 8.50. The van der Waals surface area contributed by atoms with Crippen LogP contribution in [0.3, 0.4) is 0 Å². The second kappa shape index (κ2) is 4.62. The molecular formula is C12H6Cl2N2O. The third-order valence-corrected chi connectivity index (χ3v) is 2.81. The third-order valence-electron chi connectivity index (χ3n) is 2.25. The van der Waals surface area contributed by atoms with Gasteiger partial charge in [0.25, 0.3) is 5.56 Å². The Kier molecular flexibility index (Phi) is 3.19. The maximum absolute atomic E-state index is 11.5. The number of pyridine rings is 1. The molecule has 2 rings (SSSR count). The first-order valence-electron chi connectivity index (χ1n) is 4.70. The summed E-state index contributed by atoms with van der Waals surface area (Å²) in [6.45, 7) is 0. The summed E-state index contributed by atoms with van der Waals surface area (Å²) in [5, 5.41) is 9.67. The van der Waals surface area contributed by atoms with E-state index in [2.05, 4.69) is 4.98 Å². The van der Waals surface area contributed by atoms with E-state index in [1.807, 2.05) is 0 Å². The molecule has 3 nitrogen and oxygen atoms in total. The Labute approximate surface area is 107 Å². The number of rotatable bonds is 1. The molecule has 0 aliphatic rings. The Morgan fingerprint density at radius 1 is 1.18 bits per heavy atom. The molecule has 1 aromatic heterocycles. The van der Waals surface area contributed by atoms with Crippen LogP contribution >= 0.6 is 23.2 Å². The molecule has 0 aliphatic carbocycles. The normalized spacial score (nSPS) is 9.94. The number of H-pyrrole nitrogens is 1. The minimum atomic E-state index is -0.443. The van der Waals surface area contributed by atoms with Crippen molar-refractivity contribution in [3.63, 3.8) is 0 Å². The smallest absolute Gasteiger partial charge is 0.266 e. The summed E-state index contributed by atoms with van der Waals surface area (Å²) < 4.78 is 0. The SMILES string of the molecule is N#Cc1ccc(-c2cc(Cl)ccc2Cl)[nH]c1=O. The molecule has 5 heteroatoms. The lowest BCUT2D eigenvalue weighted by atomic mass is 10.1. The predicted molar refractivity (Wildman–Crippen MR) is 67.2 cm³/mol. The van der Waals surface area contributed by atoms with Crippen LogP contribution in [0.2, 0.25) is 10.0 Å². The molecule has 84 valence electrons. The van der Waals surface area contributed by atoms with Crippen LogP contribution < -0.4 is 5.56 Å². The van der Waals surface area contributed by atoms with Gasteiger partial charge < -0.3 is 4.98 Å². The Morgan fingerprint density at radius 2 is 1.94 bits per heavy atom. The number of hydrogen-bond acceptors (Lipinski definition) is 2. The van der Waals surface area contributed by atoms with Crippen LogP contribution in [0.5, 0.6) is 0 Å². The molecule has 1 heterocycles. The molecule has 0 aliphatic heterocycles. The second-order valence-corrected chi connectivity index (χ2v) is 4.19. The summed E-state index contributed by atoms with van der Waals surface area (Å²) in [5.41, 5.74) is 0.773. The van der Waals surface area contributed by atoms with Crippen molar-refractivity contribution in [1.82, 2.24) is 4.98 Å². The first kappa shape index (κ1) is 11.7. The Balaban J connectivity index is 2.62. The lowest BCUT2D eigenvalue weighted by Gasteiger charge is -2.04. The van der Waals surface area contributed by atoms with Crippen LogP contribution in [0.1, 0.15) is 5.56 Å². The summed E-state index contributed by atoms with van der Waals surface area (Å²) >= 11 is 11.9. The van der Waals surface area contributed by atoms with E-state index in [1.54, 1.807) is 30.3 Å². The number of aromatic nitrogens is 1. The predicted octanol–water partition coefficient (Wildman–Crippen LogP) is 3.22. The number of aromatic amines is 1. The van der Waals surface area contributed by atoms with E-state index >= 15 is 0 Å². The average Bonchev–Trinajstić information content (AvgIpc) is 2.32. The molecule has 0 fully saturated rings. The van der Waals surface area contributed by atoms with Crippen molar-refractivity contribution >= 4 is 23.2 Å². The number of nitriles is 1. The van der Waals surface area contributed by atoms with E-state index in [1.165, 1.54) is 6.07 Å². The van der Waals surface area contributed by atoms with Crippen LogP contribution in [-0.4, -0.2) is 4.98 Å². The van der Waals surface area contributed by atoms with Gasteiger partial charge in [-0.25, -0.2) is 0 Å². The first-order valence-corrected chi connectivity index (χ1v) is 5.46. The average molecular weight is 265 g/mol. The van der Waals surface area contributed by atoms with Gasteiger partial charge in [-0.2, -0.15) is 5.26 Å². The maximum atomic E-state index is 11.5. The van der Waals surface area contributed by atoms with Gasteiger partial charge in [-0.05, 0) is 30.3 Å². The number of nitrogens with one attached hydrogen (secondary N) is 1. The molecule has 1 N–H and O–H groups in total. The fourth-order valence-electron chi connectivity index (χ4n) is 1.42. The maximum Gasteiger partial charge on any atom is 0.266 e. The van der Waals surface area contributed by atoms with E-state index < -0.39 is 5.56 Å². The largest absolute Gasteiger partial charge is 0.321 e. The second-order valence-electron chi connectivity index (χ2n) is 3.35. The van der Waals surface area contributed by atoms with Crippen molar-refractivity contribution in [3.8, 4) is 17.3 Å². The molecule has 0 atom stereocenters. The minimum Gasteiger partial charge on any atom is -0.321 e. The summed E-state index contributed by atoms with van der Waals surface area (Å²) in [4.78, 5) is 14.1. The summed E-state index contributed by atoms with van der Waals surface area (Å²) in [6.07, 6.45) is 0. The monoisotopic (exact) mass is 264 g/mol. The minimum absolute atomic E-state index is 0.0619. The molecule has 0 spiro atoms. The topological polar surface area (TPSA) is 56.6 Å². The highest BCUT2D eigenvalue weighted by atomic mass is 35.5. The third kappa shape index (κ3) is 2.33. The van der Waals surface area contributed by atoms with Crippen molar-refractivity contribution in [2.45, 2.75) is 0 Å². The molecule has 0 saturated heterocycles. The zero-order chi connectivity index (χ0) is 12.4. The van der Waals surface area contributed by atoms with Gasteiger partial charge in [0.15, 0.2) is 0 Å². The molecule has 0 amide bonds. The van der Waals surface area contributed by atoms with Crippen LogP contribution in [-0.2, 0) is 0 Å². The summed E-state index contributed by atoms with van der Waals surface area (Å²) in [7, 11) is 0. The van der Waals surface area contributed by atoms with E-state index in [-0.39, 0.29) is 5.56 Å². The lowest BCUT2D eigenvalue weighted by Crippen LogP contribution is -2.10. The molecule has 0 unspecified atom stereocenters. The number of benzene rings is 1. The standard InChI is InChI=1S/C12H6Cl2N2O/c13-8-2-3-10(14)9(5-8)11-4-1-7(6-15)12(17)16-11/h1-5H,(H,16,17). The van der Waals surface area contributed by atoms with E-state index in [4.69, 9.17) is 28.5 Å². The highest BCUT2D eigenvalue weighted by molar-refractivity contribution is 6.35. The van der Waals surface area contributed by atoms with Crippen molar-refractivity contribution < 1.29 is 0 Å². The van der Waals surface area contributed by atoms with Crippen molar-refractivity contribution in [3.05, 3.63) is 56.3 Å². The van der Waals surface area contributed by atoms with Crippen LogP contribution in [0.25, 0.3) is 11.3 Å². The molecule has 0 bridgehead atoms. The van der Waals surface area contributed by atoms with Gasteiger partial charge in [0.1, 0.15) is 11.6 Å². The summed E-state index contributed by atoms with van der Waals surface area (Å²) in [5.74, 6) is 0. The number of nitrogens with zero attached hydrogens (tertiary/aromatic N) is 1. The van der Waals surface area contributed by atoms with Gasteiger partial charge >= 0.3 is 0 Å². The molecule has 2 aromatic rings. The molecular weight excluding hydrogens is 259 g/mol. The van der Waals surface area contributed by atoms with Crippen LogP contribution in [0.15, 0.2) is 35.1 Å². The van der Waals surface area contributed by atoms with Gasteiger partial charge in [-0.1, -0.05) is 23.2 Å². The highest BCUT2D eigenvalue weighted by Crippen LogP contribution is 2.28. The van der Waals surface area contributed by atoms with Crippen molar-refractivity contribution in [2.24, 2.45) is 0 Å². The van der Waals surface area contributed by atoms with E-state index in [0.717, 1.165) is 0 Å². The van der Waals surface area contributed by atoms with Crippen molar-refractivity contribution in [1.29, 1.82) is 5.26 Å². The van der Waals surface area contributed by atoms with Gasteiger partial charge in [0.05, 0.1) is 0 Å². The van der Waals surface area contributed by atoms with Crippen molar-refractivity contribution in [2.75, 3.05) is 0 Å². The molecule has 17 heavy (non-hydrogen) atoms. The quantitative estimate of drug-likeness (QED) is 0.860. The Hall–Kier alpha value is -1.76. The molecule has 1 aromatic carbocycles. The van der Waals surface area contributed by atoms with Gasteiger partial charge in [0.2, 0.25) is 0 Å². The Bertz CT molecular complexity index is 671. The van der Waals surface area contributed by atoms with Gasteiger partial charge in [0, 0.05) is 21.3 Å². The fraction of sp³-hybridized carbons (Fsp3) is 0. The number of hydrogen-bond donors (Lipinski definition) is 1. The first-order chi connectivity index (χ1) is 8.11.